The normalized spacial score (nSPS) is 32.9. The van der Waals surface area contributed by atoms with Crippen molar-refractivity contribution in [2.75, 3.05) is 26.4 Å². The Hall–Kier alpha value is -1.88. The number of nitrogens with zero attached hydrogens (tertiary/aromatic N) is 2. The van der Waals surface area contributed by atoms with E-state index >= 15 is 0 Å². The van der Waals surface area contributed by atoms with Gasteiger partial charge < -0.3 is 29.5 Å². The summed E-state index contributed by atoms with van der Waals surface area (Å²) < 4.78 is 11.1. The Morgan fingerprint density at radius 1 is 0.690 bits per heavy atom. The maximum Gasteiger partial charge on any atom is 0.230 e. The molecule has 6 rings (SSSR count). The Morgan fingerprint density at radius 3 is 1.67 bits per heavy atom. The monoisotopic (exact) mass is 594 g/mol. The fourth-order valence-corrected chi connectivity index (χ4v) is 7.08. The van der Waals surface area contributed by atoms with Crippen molar-refractivity contribution >= 4 is 23.4 Å². The van der Waals surface area contributed by atoms with E-state index in [0.717, 1.165) is 32.3 Å². The number of fused-ring (bicyclic) bond motifs is 2. The summed E-state index contributed by atoms with van der Waals surface area (Å²) in [7, 11) is 0. The number of ketones is 2. The summed E-state index contributed by atoms with van der Waals surface area (Å²) >= 11 is 0. The minimum atomic E-state index is -0.393. The average Bonchev–Trinajstić information content (AvgIpc) is 3.71. The Kier molecular flexibility index (Phi) is 10.7. The first-order valence-electron chi connectivity index (χ1n) is 15.5. The fourth-order valence-electron chi connectivity index (χ4n) is 7.08. The molecule has 4 heterocycles. The molecule has 2 aliphatic carbocycles. The molecule has 0 radical (unpaired) electrons. The fraction of sp³-hybridized carbons (Fsp3) is 0.875. The zero-order valence-corrected chi connectivity index (χ0v) is 27.0. The van der Waals surface area contributed by atoms with Crippen molar-refractivity contribution in [2.45, 2.75) is 130 Å². The number of hydrogen-bond donors (Lipinski definition) is 2. The summed E-state index contributed by atoms with van der Waals surface area (Å²) in [5.41, 5.74) is -1.10. The van der Waals surface area contributed by atoms with Crippen LogP contribution in [0, 0.1) is 22.7 Å². The third kappa shape index (κ3) is 7.79. The van der Waals surface area contributed by atoms with Gasteiger partial charge >= 0.3 is 0 Å². The predicted molar refractivity (Wildman–Crippen MR) is 157 cm³/mol. The number of hydrogen-bond acceptors (Lipinski definition) is 8. The van der Waals surface area contributed by atoms with Gasteiger partial charge in [-0.3, -0.25) is 19.2 Å². The van der Waals surface area contributed by atoms with Gasteiger partial charge in [0, 0.05) is 49.7 Å². The van der Waals surface area contributed by atoms with Crippen molar-refractivity contribution < 1.29 is 38.9 Å². The van der Waals surface area contributed by atoms with Gasteiger partial charge in [-0.15, -0.1) is 0 Å². The molecule has 4 atom stereocenters. The van der Waals surface area contributed by atoms with E-state index in [1.54, 1.807) is 0 Å². The van der Waals surface area contributed by atoms with Crippen molar-refractivity contribution in [3.63, 3.8) is 0 Å². The Bertz CT molecular complexity index is 1020. The van der Waals surface area contributed by atoms with E-state index in [-0.39, 0.29) is 53.4 Å². The summed E-state index contributed by atoms with van der Waals surface area (Å²) in [6.45, 7) is 17.5. The lowest BCUT2D eigenvalue weighted by molar-refractivity contribution is -0.148. The molecular formula is C32H54N2O8. The van der Waals surface area contributed by atoms with Crippen molar-refractivity contribution in [3.05, 3.63) is 0 Å². The number of amides is 2. The second-order valence-corrected chi connectivity index (χ2v) is 15.0. The van der Waals surface area contributed by atoms with Crippen LogP contribution < -0.4 is 0 Å². The molecule has 2 saturated carbocycles. The van der Waals surface area contributed by atoms with Crippen LogP contribution in [0.5, 0.6) is 0 Å². The van der Waals surface area contributed by atoms with E-state index < -0.39 is 5.72 Å². The molecule has 0 unspecified atom stereocenters. The van der Waals surface area contributed by atoms with Crippen LogP contribution in [-0.2, 0) is 28.7 Å². The summed E-state index contributed by atoms with van der Waals surface area (Å²) in [4.78, 5) is 48.7. The Labute approximate surface area is 251 Å². The minimum Gasteiger partial charge on any atom is -0.396 e. The van der Waals surface area contributed by atoms with Gasteiger partial charge in [-0.25, -0.2) is 0 Å². The molecule has 10 heteroatoms. The molecule has 240 valence electrons. The standard InChI is InChI=1S/C10H17NO2.C8H13NO2.C8H14O2.C6H10O2/c1-9(2)5-7-6-13-10(3,4)11(7)8(9)12;1-8(2)9-6(5-11-8)3-4-7(9)10;1-8(2)4-6(5-9)3-7(8)10;7-4-5-1-2-6(8)3-5/h7H,5-6H2,1-4H3;6H,3-5H2,1-2H3;6,9H,3-5H2,1-2H3;5,7H,1-4H2/t7-;2*6-;5-/m0001/s1. The first-order valence-corrected chi connectivity index (χ1v) is 15.5. The molecule has 4 aliphatic heterocycles. The van der Waals surface area contributed by atoms with Crippen LogP contribution in [0.3, 0.4) is 0 Å². The van der Waals surface area contributed by atoms with Gasteiger partial charge in [-0.1, -0.05) is 27.7 Å². The summed E-state index contributed by atoms with van der Waals surface area (Å²) in [5, 5.41) is 17.3. The van der Waals surface area contributed by atoms with Crippen LogP contribution in [-0.4, -0.2) is 93.4 Å². The van der Waals surface area contributed by atoms with Crippen LogP contribution in [0.1, 0.15) is 107 Å². The van der Waals surface area contributed by atoms with Gasteiger partial charge in [-0.05, 0) is 65.2 Å². The largest absolute Gasteiger partial charge is 0.396 e. The van der Waals surface area contributed by atoms with E-state index in [0.29, 0.717) is 55.9 Å². The smallest absolute Gasteiger partial charge is 0.230 e. The second kappa shape index (κ2) is 13.0. The molecule has 42 heavy (non-hydrogen) atoms. The number of aliphatic hydroxyl groups excluding tert-OH is 2. The molecule has 2 amide bonds. The lowest BCUT2D eigenvalue weighted by Gasteiger charge is -2.30. The van der Waals surface area contributed by atoms with Gasteiger partial charge in [-0.2, -0.15) is 0 Å². The molecule has 2 N–H and O–H groups in total. The highest BCUT2D eigenvalue weighted by atomic mass is 16.5. The lowest BCUT2D eigenvalue weighted by atomic mass is 9.90. The van der Waals surface area contributed by atoms with Crippen LogP contribution in [0.15, 0.2) is 0 Å². The first-order chi connectivity index (χ1) is 19.3. The molecule has 0 aromatic carbocycles. The Balaban J connectivity index is 0.000000156. The summed E-state index contributed by atoms with van der Waals surface area (Å²) in [6.07, 6.45) is 6.22. The maximum absolute atomic E-state index is 12.0. The number of Topliss-reactive ketones (excluding diaryl/α,β-unsaturated/α-hetero) is 2. The average molecular weight is 595 g/mol. The number of rotatable bonds is 2. The van der Waals surface area contributed by atoms with Crippen LogP contribution in [0.25, 0.3) is 0 Å². The second-order valence-electron chi connectivity index (χ2n) is 15.0. The third-order valence-corrected chi connectivity index (χ3v) is 9.54. The summed E-state index contributed by atoms with van der Waals surface area (Å²) in [6, 6.07) is 0.662. The Morgan fingerprint density at radius 2 is 1.26 bits per heavy atom. The maximum atomic E-state index is 12.0. The minimum absolute atomic E-state index is 0.162. The molecule has 10 nitrogen and oxygen atoms in total. The lowest BCUT2D eigenvalue weighted by Crippen LogP contribution is -2.45. The first kappa shape index (κ1) is 34.6. The molecule has 6 fully saturated rings. The molecule has 0 aromatic heterocycles. The molecule has 0 bridgehead atoms. The van der Waals surface area contributed by atoms with Gasteiger partial charge in [0.1, 0.15) is 23.0 Å². The molecule has 6 aliphatic rings. The number of aliphatic hydroxyl groups is 2. The number of ether oxygens (including phenoxy) is 2. The molecule has 4 saturated heterocycles. The zero-order chi connectivity index (χ0) is 31.7. The molecular weight excluding hydrogens is 540 g/mol. The SMILES string of the molecule is CC1(C)C[C@@H](CO)CC1=O.CC1(C)C[C@H]2COC(C)(C)N2C1=O.CC1(C)OC[C@@H]2CCC(=O)N21.O=C1CC[C@@H](CO)C1. The van der Waals surface area contributed by atoms with Crippen molar-refractivity contribution in [1.82, 2.24) is 9.80 Å². The van der Waals surface area contributed by atoms with Gasteiger partial charge in [0.05, 0.1) is 25.3 Å². The summed E-state index contributed by atoms with van der Waals surface area (Å²) in [5.74, 6) is 1.60. The zero-order valence-electron chi connectivity index (χ0n) is 27.0. The predicted octanol–water partition coefficient (Wildman–Crippen LogP) is 3.46. The molecule has 0 aromatic rings. The quantitative estimate of drug-likeness (QED) is 0.497. The van der Waals surface area contributed by atoms with E-state index in [2.05, 4.69) is 0 Å². The number of carbonyl (C=O) groups excluding carboxylic acids is 4. The van der Waals surface area contributed by atoms with Crippen molar-refractivity contribution in [1.29, 1.82) is 0 Å². The van der Waals surface area contributed by atoms with Crippen LogP contribution in [0.2, 0.25) is 0 Å². The third-order valence-electron chi connectivity index (χ3n) is 9.54. The van der Waals surface area contributed by atoms with E-state index in [1.807, 2.05) is 65.2 Å². The highest BCUT2D eigenvalue weighted by Crippen LogP contribution is 2.43. The van der Waals surface area contributed by atoms with Gasteiger partial charge in [0.25, 0.3) is 0 Å². The molecule has 0 spiro atoms. The van der Waals surface area contributed by atoms with E-state index in [9.17, 15) is 19.2 Å². The van der Waals surface area contributed by atoms with Crippen molar-refractivity contribution in [3.8, 4) is 0 Å². The highest BCUT2D eigenvalue weighted by Gasteiger charge is 2.55. The van der Waals surface area contributed by atoms with Crippen LogP contribution >= 0.6 is 0 Å². The van der Waals surface area contributed by atoms with E-state index in [4.69, 9.17) is 19.7 Å². The topological polar surface area (TPSA) is 134 Å². The van der Waals surface area contributed by atoms with Gasteiger partial charge in [0.15, 0.2) is 0 Å². The van der Waals surface area contributed by atoms with E-state index in [1.165, 1.54) is 0 Å². The van der Waals surface area contributed by atoms with Crippen LogP contribution in [0.4, 0.5) is 0 Å². The highest BCUT2D eigenvalue weighted by molar-refractivity contribution is 5.86. The number of carbonyl (C=O) groups is 4. The van der Waals surface area contributed by atoms with Gasteiger partial charge in [0.2, 0.25) is 11.8 Å². The van der Waals surface area contributed by atoms with Crippen molar-refractivity contribution in [2.24, 2.45) is 22.7 Å².